The highest BCUT2D eigenvalue weighted by Crippen LogP contribution is 2.26. The first-order valence-electron chi connectivity index (χ1n) is 4.78. The molecular weight excluding hydrogens is 242 g/mol. The number of aromatic nitrogens is 1. The van der Waals surface area contributed by atoms with Crippen LogP contribution in [0.3, 0.4) is 0 Å². The maximum Gasteiger partial charge on any atom is 0.310 e. The molecule has 0 unspecified atom stereocenters. The summed E-state index contributed by atoms with van der Waals surface area (Å²) in [5.74, 6) is 0. The number of benzene rings is 1. The minimum absolute atomic E-state index is 0.0764. The third-order valence-corrected chi connectivity index (χ3v) is 2.34. The molecule has 0 atom stereocenters. The van der Waals surface area contributed by atoms with E-state index in [1.54, 1.807) is 30.3 Å². The third-order valence-electron chi connectivity index (χ3n) is 2.10. The number of nitro groups is 1. The Morgan fingerprint density at radius 2 is 2.18 bits per heavy atom. The van der Waals surface area contributed by atoms with Crippen LogP contribution >= 0.6 is 11.6 Å². The highest BCUT2D eigenvalue weighted by molar-refractivity contribution is 6.30. The second-order valence-electron chi connectivity index (χ2n) is 3.29. The Balaban J connectivity index is 2.33. The van der Waals surface area contributed by atoms with Crippen molar-refractivity contribution in [2.45, 2.75) is 0 Å². The quantitative estimate of drug-likeness (QED) is 0.669. The van der Waals surface area contributed by atoms with Gasteiger partial charge in [0.1, 0.15) is 11.9 Å². The average molecular weight is 250 g/mol. The van der Waals surface area contributed by atoms with E-state index in [4.69, 9.17) is 11.6 Å². The van der Waals surface area contributed by atoms with Crippen molar-refractivity contribution in [2.24, 2.45) is 0 Å². The Morgan fingerprint density at radius 1 is 1.35 bits per heavy atom. The number of nitrogens with one attached hydrogen (secondary N) is 1. The lowest BCUT2D eigenvalue weighted by molar-refractivity contribution is -0.384. The largest absolute Gasteiger partial charge is 0.350 e. The topological polar surface area (TPSA) is 68.1 Å². The standard InChI is InChI=1S/C11H8ClN3O2/c12-8-2-1-3-9(6-8)14-10-4-5-13-7-11(10)15(16)17/h1-7H,(H,13,14). The molecule has 2 aromatic rings. The van der Waals surface area contributed by atoms with Crippen molar-refractivity contribution in [2.75, 3.05) is 5.32 Å². The summed E-state index contributed by atoms with van der Waals surface area (Å²) < 4.78 is 0. The molecule has 0 spiro atoms. The average Bonchev–Trinajstić information content (AvgIpc) is 2.29. The van der Waals surface area contributed by atoms with Crippen LogP contribution in [0, 0.1) is 10.1 Å². The number of nitrogens with zero attached hydrogens (tertiary/aromatic N) is 2. The zero-order valence-corrected chi connectivity index (χ0v) is 9.39. The predicted molar refractivity (Wildman–Crippen MR) is 65.6 cm³/mol. The van der Waals surface area contributed by atoms with Gasteiger partial charge >= 0.3 is 5.69 Å². The van der Waals surface area contributed by atoms with Gasteiger partial charge in [0, 0.05) is 16.9 Å². The molecule has 2 rings (SSSR count). The van der Waals surface area contributed by atoms with E-state index in [1.165, 1.54) is 12.4 Å². The Bertz CT molecular complexity index is 560. The molecular formula is C11H8ClN3O2. The van der Waals surface area contributed by atoms with E-state index < -0.39 is 4.92 Å². The summed E-state index contributed by atoms with van der Waals surface area (Å²) in [5.41, 5.74) is 0.992. The Kier molecular flexibility index (Phi) is 3.20. The minimum atomic E-state index is -0.486. The molecule has 6 heteroatoms. The summed E-state index contributed by atoms with van der Waals surface area (Å²) >= 11 is 5.83. The molecule has 0 bridgehead atoms. The van der Waals surface area contributed by atoms with Crippen LogP contribution < -0.4 is 5.32 Å². The minimum Gasteiger partial charge on any atom is -0.350 e. The van der Waals surface area contributed by atoms with E-state index >= 15 is 0 Å². The van der Waals surface area contributed by atoms with Gasteiger partial charge in [-0.2, -0.15) is 0 Å². The van der Waals surface area contributed by atoms with Gasteiger partial charge in [-0.25, -0.2) is 0 Å². The molecule has 0 amide bonds. The number of hydrogen-bond acceptors (Lipinski definition) is 4. The molecule has 0 aliphatic carbocycles. The molecule has 1 heterocycles. The highest BCUT2D eigenvalue weighted by Gasteiger charge is 2.13. The van der Waals surface area contributed by atoms with Crippen LogP contribution in [-0.4, -0.2) is 9.91 Å². The van der Waals surface area contributed by atoms with Crippen molar-refractivity contribution in [3.05, 3.63) is 57.9 Å². The fraction of sp³-hybridized carbons (Fsp3) is 0. The Morgan fingerprint density at radius 3 is 2.88 bits per heavy atom. The van der Waals surface area contributed by atoms with E-state index in [1.807, 2.05) is 0 Å². The summed E-state index contributed by atoms with van der Waals surface area (Å²) in [6.45, 7) is 0. The molecule has 0 radical (unpaired) electrons. The van der Waals surface area contributed by atoms with Gasteiger partial charge in [0.25, 0.3) is 0 Å². The van der Waals surface area contributed by atoms with Crippen LogP contribution in [0.2, 0.25) is 5.02 Å². The lowest BCUT2D eigenvalue weighted by Crippen LogP contribution is -1.97. The monoisotopic (exact) mass is 249 g/mol. The lowest BCUT2D eigenvalue weighted by atomic mass is 10.3. The maximum absolute atomic E-state index is 10.8. The second-order valence-corrected chi connectivity index (χ2v) is 3.72. The summed E-state index contributed by atoms with van der Waals surface area (Å²) in [6, 6.07) is 8.49. The third kappa shape index (κ3) is 2.70. The molecule has 1 N–H and O–H groups in total. The number of pyridine rings is 1. The highest BCUT2D eigenvalue weighted by atomic mass is 35.5. The van der Waals surface area contributed by atoms with Crippen molar-refractivity contribution < 1.29 is 4.92 Å². The van der Waals surface area contributed by atoms with Gasteiger partial charge in [-0.3, -0.25) is 15.1 Å². The van der Waals surface area contributed by atoms with Crippen LogP contribution in [0.4, 0.5) is 17.1 Å². The molecule has 17 heavy (non-hydrogen) atoms. The van der Waals surface area contributed by atoms with E-state index in [9.17, 15) is 10.1 Å². The summed E-state index contributed by atoms with van der Waals surface area (Å²) in [5, 5.41) is 14.3. The van der Waals surface area contributed by atoms with Gasteiger partial charge in [-0.15, -0.1) is 0 Å². The van der Waals surface area contributed by atoms with Crippen molar-refractivity contribution in [1.29, 1.82) is 0 Å². The first-order chi connectivity index (χ1) is 8.16. The Hall–Kier alpha value is -2.14. The second kappa shape index (κ2) is 4.80. The number of anilines is 2. The van der Waals surface area contributed by atoms with Gasteiger partial charge in [0.05, 0.1) is 4.92 Å². The molecule has 0 saturated heterocycles. The normalized spacial score (nSPS) is 9.94. The first kappa shape index (κ1) is 11.3. The van der Waals surface area contributed by atoms with Gasteiger partial charge in [-0.1, -0.05) is 17.7 Å². The van der Waals surface area contributed by atoms with Crippen molar-refractivity contribution in [3.63, 3.8) is 0 Å². The van der Waals surface area contributed by atoms with E-state index in [0.29, 0.717) is 16.4 Å². The lowest BCUT2D eigenvalue weighted by Gasteiger charge is -2.06. The van der Waals surface area contributed by atoms with E-state index in [-0.39, 0.29) is 5.69 Å². The van der Waals surface area contributed by atoms with Crippen LogP contribution in [0.5, 0.6) is 0 Å². The van der Waals surface area contributed by atoms with Gasteiger partial charge < -0.3 is 5.32 Å². The number of rotatable bonds is 3. The van der Waals surface area contributed by atoms with Gasteiger partial charge in [0.2, 0.25) is 0 Å². The number of hydrogen-bond donors (Lipinski definition) is 1. The predicted octanol–water partition coefficient (Wildman–Crippen LogP) is 3.39. The molecule has 1 aromatic heterocycles. The van der Waals surface area contributed by atoms with Crippen molar-refractivity contribution in [3.8, 4) is 0 Å². The van der Waals surface area contributed by atoms with E-state index in [0.717, 1.165) is 0 Å². The van der Waals surface area contributed by atoms with Gasteiger partial charge in [0.15, 0.2) is 0 Å². The molecule has 5 nitrogen and oxygen atoms in total. The Labute approximate surface area is 102 Å². The van der Waals surface area contributed by atoms with Crippen LogP contribution in [0.25, 0.3) is 0 Å². The van der Waals surface area contributed by atoms with Crippen LogP contribution in [0.15, 0.2) is 42.7 Å². The summed E-state index contributed by atoms with van der Waals surface area (Å²) in [7, 11) is 0. The maximum atomic E-state index is 10.8. The molecule has 0 aliphatic rings. The number of halogens is 1. The van der Waals surface area contributed by atoms with Crippen LogP contribution in [0.1, 0.15) is 0 Å². The zero-order valence-electron chi connectivity index (χ0n) is 8.63. The molecule has 0 aliphatic heterocycles. The van der Waals surface area contributed by atoms with Gasteiger partial charge in [-0.05, 0) is 24.3 Å². The fourth-order valence-electron chi connectivity index (χ4n) is 1.36. The zero-order chi connectivity index (χ0) is 12.3. The van der Waals surface area contributed by atoms with Crippen LogP contribution in [-0.2, 0) is 0 Å². The summed E-state index contributed by atoms with van der Waals surface area (Å²) in [4.78, 5) is 14.0. The first-order valence-corrected chi connectivity index (χ1v) is 5.15. The van der Waals surface area contributed by atoms with Crippen molar-refractivity contribution >= 4 is 28.7 Å². The molecule has 0 fully saturated rings. The molecule has 1 aromatic carbocycles. The smallest absolute Gasteiger partial charge is 0.310 e. The summed E-state index contributed by atoms with van der Waals surface area (Å²) in [6.07, 6.45) is 2.69. The SMILES string of the molecule is O=[N+]([O-])c1cnccc1Nc1cccc(Cl)c1. The molecule has 0 saturated carbocycles. The van der Waals surface area contributed by atoms with Crippen molar-refractivity contribution in [1.82, 2.24) is 4.98 Å². The van der Waals surface area contributed by atoms with E-state index in [2.05, 4.69) is 10.3 Å². The fourth-order valence-corrected chi connectivity index (χ4v) is 1.55. The molecule has 86 valence electrons.